The fourth-order valence-electron chi connectivity index (χ4n) is 2.02. The van der Waals surface area contributed by atoms with E-state index < -0.39 is 0 Å². The van der Waals surface area contributed by atoms with Gasteiger partial charge in [0.25, 0.3) is 5.19 Å². The fourth-order valence-corrected chi connectivity index (χ4v) is 2.77. The van der Waals surface area contributed by atoms with Crippen LogP contribution in [0.25, 0.3) is 0 Å². The molecule has 1 heterocycles. The summed E-state index contributed by atoms with van der Waals surface area (Å²) in [4.78, 5) is 4.40. The highest BCUT2D eigenvalue weighted by molar-refractivity contribution is 7.11. The minimum Gasteiger partial charge on any atom is -0.473 e. The molecular weight excluding hydrogens is 196 g/mol. The number of nitrogens with zero attached hydrogens (tertiary/aromatic N) is 1. The Labute approximate surface area is 88.3 Å². The van der Waals surface area contributed by atoms with E-state index in [0.717, 1.165) is 23.7 Å². The molecule has 78 valence electrons. The Bertz CT molecular complexity index is 305. The van der Waals surface area contributed by atoms with Gasteiger partial charge in [-0.2, -0.15) is 0 Å². The second-order valence-electron chi connectivity index (χ2n) is 3.92. The van der Waals surface area contributed by atoms with Crippen molar-refractivity contribution in [2.45, 2.75) is 37.6 Å². The van der Waals surface area contributed by atoms with Crippen molar-refractivity contribution >= 4 is 11.3 Å². The summed E-state index contributed by atoms with van der Waals surface area (Å²) in [5, 5.41) is 2.75. The molecule has 2 N–H and O–H groups in total. The van der Waals surface area contributed by atoms with E-state index in [4.69, 9.17) is 10.5 Å². The van der Waals surface area contributed by atoms with E-state index in [-0.39, 0.29) is 5.54 Å². The molecular formula is C10H16N2OS. The van der Waals surface area contributed by atoms with Gasteiger partial charge in [0.05, 0.1) is 18.3 Å². The number of rotatable bonds is 2. The first-order chi connectivity index (χ1) is 6.74. The predicted molar refractivity (Wildman–Crippen MR) is 57.6 cm³/mol. The second-order valence-corrected chi connectivity index (χ2v) is 4.74. The molecule has 1 aliphatic rings. The van der Waals surface area contributed by atoms with E-state index in [0.29, 0.717) is 0 Å². The summed E-state index contributed by atoms with van der Waals surface area (Å²) in [6.45, 7) is 0. The van der Waals surface area contributed by atoms with Gasteiger partial charge in [-0.15, -0.1) is 0 Å². The molecule has 2 rings (SSSR count). The van der Waals surface area contributed by atoms with Gasteiger partial charge in [-0.1, -0.05) is 30.6 Å². The van der Waals surface area contributed by atoms with Crippen molar-refractivity contribution in [2.75, 3.05) is 7.11 Å². The predicted octanol–water partition coefficient (Wildman–Crippen LogP) is 2.27. The normalized spacial score (nSPS) is 20.7. The van der Waals surface area contributed by atoms with Gasteiger partial charge >= 0.3 is 0 Å². The number of hydrogen-bond acceptors (Lipinski definition) is 4. The number of hydrogen-bond donors (Lipinski definition) is 1. The average Bonchev–Trinajstić information content (AvgIpc) is 2.67. The lowest BCUT2D eigenvalue weighted by molar-refractivity contribution is 0.293. The van der Waals surface area contributed by atoms with Crippen LogP contribution in [0, 0.1) is 0 Å². The van der Waals surface area contributed by atoms with Crippen LogP contribution in [0.3, 0.4) is 0 Å². The first-order valence-corrected chi connectivity index (χ1v) is 5.91. The molecule has 1 aromatic heterocycles. The third-order valence-corrected chi connectivity index (χ3v) is 3.71. The molecule has 0 aromatic carbocycles. The number of ether oxygens (including phenoxy) is 1. The highest BCUT2D eigenvalue weighted by Crippen LogP contribution is 2.36. The van der Waals surface area contributed by atoms with Gasteiger partial charge in [0.15, 0.2) is 0 Å². The lowest BCUT2D eigenvalue weighted by Crippen LogP contribution is -2.38. The summed E-state index contributed by atoms with van der Waals surface area (Å²) in [6.07, 6.45) is 5.85. The molecule has 1 aliphatic carbocycles. The Morgan fingerprint density at radius 1 is 1.43 bits per heavy atom. The van der Waals surface area contributed by atoms with Gasteiger partial charge in [-0.05, 0) is 12.8 Å². The molecule has 0 unspecified atom stereocenters. The SMILES string of the molecule is COc1nc(C2(N)CCCCC2)cs1. The summed E-state index contributed by atoms with van der Waals surface area (Å²) in [7, 11) is 1.65. The van der Waals surface area contributed by atoms with Crippen LogP contribution in [0.4, 0.5) is 0 Å². The van der Waals surface area contributed by atoms with Crippen LogP contribution >= 0.6 is 11.3 Å². The summed E-state index contributed by atoms with van der Waals surface area (Å²) >= 11 is 1.53. The maximum absolute atomic E-state index is 6.34. The molecule has 0 bridgehead atoms. The van der Waals surface area contributed by atoms with E-state index in [1.54, 1.807) is 7.11 Å². The number of nitrogens with two attached hydrogens (primary N) is 1. The van der Waals surface area contributed by atoms with E-state index in [2.05, 4.69) is 4.98 Å². The standard InChI is InChI=1S/C10H16N2OS/c1-13-9-12-8(7-14-9)10(11)5-3-2-4-6-10/h7H,2-6,11H2,1H3. The zero-order chi connectivity index (χ0) is 10.0. The Hall–Kier alpha value is -0.610. The lowest BCUT2D eigenvalue weighted by Gasteiger charge is -2.31. The largest absolute Gasteiger partial charge is 0.473 e. The molecule has 1 aromatic rings. The summed E-state index contributed by atoms with van der Waals surface area (Å²) < 4.78 is 5.08. The fraction of sp³-hybridized carbons (Fsp3) is 0.700. The topological polar surface area (TPSA) is 48.1 Å². The van der Waals surface area contributed by atoms with Crippen LogP contribution in [-0.2, 0) is 5.54 Å². The molecule has 0 saturated heterocycles. The van der Waals surface area contributed by atoms with Crippen LogP contribution in [0.15, 0.2) is 5.38 Å². The second kappa shape index (κ2) is 3.87. The van der Waals surface area contributed by atoms with Crippen molar-refractivity contribution < 1.29 is 4.74 Å². The molecule has 4 heteroatoms. The lowest BCUT2D eigenvalue weighted by atomic mass is 9.81. The van der Waals surface area contributed by atoms with Crippen molar-refractivity contribution in [1.82, 2.24) is 4.98 Å². The third-order valence-electron chi connectivity index (χ3n) is 2.91. The Morgan fingerprint density at radius 2 is 2.14 bits per heavy atom. The van der Waals surface area contributed by atoms with Crippen LogP contribution in [0.5, 0.6) is 5.19 Å². The van der Waals surface area contributed by atoms with Gasteiger partial charge in [-0.3, -0.25) is 0 Å². The van der Waals surface area contributed by atoms with Crippen molar-refractivity contribution in [3.63, 3.8) is 0 Å². The first-order valence-electron chi connectivity index (χ1n) is 5.03. The first kappa shape index (κ1) is 9.93. The molecule has 0 radical (unpaired) electrons. The molecule has 0 atom stereocenters. The zero-order valence-corrected chi connectivity index (χ0v) is 9.27. The number of aromatic nitrogens is 1. The smallest absolute Gasteiger partial charge is 0.273 e. The molecule has 1 saturated carbocycles. The van der Waals surface area contributed by atoms with Crippen molar-refractivity contribution in [1.29, 1.82) is 0 Å². The molecule has 1 fully saturated rings. The average molecular weight is 212 g/mol. The summed E-state index contributed by atoms with van der Waals surface area (Å²) in [5.74, 6) is 0. The maximum Gasteiger partial charge on any atom is 0.273 e. The molecule has 14 heavy (non-hydrogen) atoms. The number of thiazole rings is 1. The van der Waals surface area contributed by atoms with E-state index in [1.807, 2.05) is 5.38 Å². The van der Waals surface area contributed by atoms with E-state index >= 15 is 0 Å². The van der Waals surface area contributed by atoms with Crippen molar-refractivity contribution in [3.8, 4) is 5.19 Å². The Balaban J connectivity index is 2.19. The van der Waals surface area contributed by atoms with Crippen LogP contribution in [0.1, 0.15) is 37.8 Å². The molecule has 0 spiro atoms. The molecule has 0 aliphatic heterocycles. The molecule has 3 nitrogen and oxygen atoms in total. The van der Waals surface area contributed by atoms with Gasteiger partial charge < -0.3 is 10.5 Å². The van der Waals surface area contributed by atoms with Gasteiger partial charge in [-0.25, -0.2) is 4.98 Å². The summed E-state index contributed by atoms with van der Waals surface area (Å²) in [5.41, 5.74) is 7.16. The monoisotopic (exact) mass is 212 g/mol. The van der Waals surface area contributed by atoms with Crippen molar-refractivity contribution in [3.05, 3.63) is 11.1 Å². The van der Waals surface area contributed by atoms with Crippen molar-refractivity contribution in [2.24, 2.45) is 5.73 Å². The highest BCUT2D eigenvalue weighted by Gasteiger charge is 2.31. The van der Waals surface area contributed by atoms with E-state index in [1.165, 1.54) is 30.6 Å². The maximum atomic E-state index is 6.34. The zero-order valence-electron chi connectivity index (χ0n) is 8.45. The van der Waals surface area contributed by atoms with Crippen LogP contribution in [0.2, 0.25) is 0 Å². The summed E-state index contributed by atoms with van der Waals surface area (Å²) in [6, 6.07) is 0. The molecule has 0 amide bonds. The minimum atomic E-state index is -0.189. The van der Waals surface area contributed by atoms with Crippen LogP contribution in [-0.4, -0.2) is 12.1 Å². The highest BCUT2D eigenvalue weighted by atomic mass is 32.1. The number of methoxy groups -OCH3 is 1. The Morgan fingerprint density at radius 3 is 2.71 bits per heavy atom. The van der Waals surface area contributed by atoms with Gasteiger partial charge in [0.1, 0.15) is 0 Å². The third kappa shape index (κ3) is 1.77. The van der Waals surface area contributed by atoms with Crippen LogP contribution < -0.4 is 10.5 Å². The minimum absolute atomic E-state index is 0.189. The quantitative estimate of drug-likeness (QED) is 0.818. The van der Waals surface area contributed by atoms with Gasteiger partial charge in [0.2, 0.25) is 0 Å². The van der Waals surface area contributed by atoms with E-state index in [9.17, 15) is 0 Å². The Kier molecular flexibility index (Phi) is 2.74. The van der Waals surface area contributed by atoms with Gasteiger partial charge in [0, 0.05) is 5.38 Å².